The quantitative estimate of drug-likeness (QED) is 0.708. The number of aromatic nitrogens is 2. The molecule has 5 heteroatoms. The molecule has 0 radical (unpaired) electrons. The van der Waals surface area contributed by atoms with Crippen molar-refractivity contribution in [3.8, 4) is 5.75 Å². The minimum atomic E-state index is -0.770. The molecule has 1 atom stereocenters. The van der Waals surface area contributed by atoms with Crippen molar-refractivity contribution in [2.24, 2.45) is 0 Å². The molecular weight excluding hydrogens is 328 g/mol. The molecule has 3 aromatic rings. The van der Waals surface area contributed by atoms with Crippen molar-refractivity contribution in [1.29, 1.82) is 0 Å². The van der Waals surface area contributed by atoms with E-state index in [0.29, 0.717) is 6.54 Å². The number of para-hydroxylation sites is 2. The van der Waals surface area contributed by atoms with E-state index in [1.165, 1.54) is 0 Å². The molecule has 0 saturated heterocycles. The summed E-state index contributed by atoms with van der Waals surface area (Å²) in [5.41, 5.74) is 3.80. The van der Waals surface area contributed by atoms with Crippen LogP contribution in [-0.2, 0) is 13.1 Å². The van der Waals surface area contributed by atoms with Gasteiger partial charge in [0.15, 0.2) is 0 Å². The second-order valence-corrected chi connectivity index (χ2v) is 6.77. The van der Waals surface area contributed by atoms with E-state index in [1.54, 1.807) is 9.13 Å². The highest BCUT2D eigenvalue weighted by Crippen LogP contribution is 2.19. The van der Waals surface area contributed by atoms with E-state index in [4.69, 9.17) is 4.74 Å². The Kier molecular flexibility index (Phi) is 5.47. The smallest absolute Gasteiger partial charge is 0.329 e. The number of fused-ring (bicyclic) bond motifs is 1. The predicted octanol–water partition coefficient (Wildman–Crippen LogP) is 3.27. The monoisotopic (exact) mass is 354 g/mol. The fourth-order valence-corrected chi connectivity index (χ4v) is 3.20. The second kappa shape index (κ2) is 7.79. The van der Waals surface area contributed by atoms with E-state index in [1.807, 2.05) is 63.2 Å². The van der Waals surface area contributed by atoms with Crippen molar-refractivity contribution in [3.05, 3.63) is 64.1 Å². The molecule has 0 aliphatic heterocycles. The van der Waals surface area contributed by atoms with Crippen LogP contribution in [0.1, 0.15) is 24.5 Å². The molecule has 1 aromatic heterocycles. The first-order valence-electron chi connectivity index (χ1n) is 9.07. The van der Waals surface area contributed by atoms with Crippen molar-refractivity contribution in [2.45, 2.75) is 46.4 Å². The van der Waals surface area contributed by atoms with E-state index in [-0.39, 0.29) is 18.8 Å². The minimum Gasteiger partial charge on any atom is -0.491 e. The summed E-state index contributed by atoms with van der Waals surface area (Å²) in [5.74, 6) is 0.768. The van der Waals surface area contributed by atoms with Crippen molar-refractivity contribution in [1.82, 2.24) is 9.13 Å². The van der Waals surface area contributed by atoms with E-state index < -0.39 is 6.10 Å². The van der Waals surface area contributed by atoms with Crippen LogP contribution in [0.15, 0.2) is 47.3 Å². The third-order valence-corrected chi connectivity index (χ3v) is 4.54. The topological polar surface area (TPSA) is 56.4 Å². The van der Waals surface area contributed by atoms with Gasteiger partial charge in [-0.3, -0.25) is 9.13 Å². The first-order valence-corrected chi connectivity index (χ1v) is 9.07. The molecule has 3 rings (SSSR count). The lowest BCUT2D eigenvalue weighted by Crippen LogP contribution is -2.31. The molecule has 1 heterocycles. The van der Waals surface area contributed by atoms with Gasteiger partial charge in [-0.25, -0.2) is 4.79 Å². The number of rotatable bonds is 7. The zero-order valence-electron chi connectivity index (χ0n) is 15.6. The Labute approximate surface area is 153 Å². The highest BCUT2D eigenvalue weighted by atomic mass is 16.5. The Morgan fingerprint density at radius 3 is 2.46 bits per heavy atom. The molecule has 5 nitrogen and oxygen atoms in total. The van der Waals surface area contributed by atoms with Gasteiger partial charge in [0.05, 0.1) is 17.6 Å². The number of aryl methyl sites for hydroxylation is 3. The molecule has 0 saturated carbocycles. The fourth-order valence-electron chi connectivity index (χ4n) is 3.20. The number of benzene rings is 2. The van der Waals surface area contributed by atoms with E-state index >= 15 is 0 Å². The first-order chi connectivity index (χ1) is 12.5. The molecule has 2 aromatic carbocycles. The molecule has 0 fully saturated rings. The Balaban J connectivity index is 1.79. The highest BCUT2D eigenvalue weighted by Gasteiger charge is 2.16. The number of nitrogens with zero attached hydrogens (tertiary/aromatic N) is 2. The third kappa shape index (κ3) is 3.68. The zero-order chi connectivity index (χ0) is 18.7. The number of hydrogen-bond donors (Lipinski definition) is 1. The number of aliphatic hydroxyl groups is 1. The van der Waals surface area contributed by atoms with Crippen molar-refractivity contribution >= 4 is 11.0 Å². The number of ether oxygens (including phenoxy) is 1. The summed E-state index contributed by atoms with van der Waals surface area (Å²) in [6.07, 6.45) is 0.111. The molecule has 26 heavy (non-hydrogen) atoms. The average molecular weight is 354 g/mol. The van der Waals surface area contributed by atoms with Crippen LogP contribution in [0.25, 0.3) is 11.0 Å². The molecule has 0 bridgehead atoms. The fraction of sp³-hybridized carbons (Fsp3) is 0.381. The molecule has 0 spiro atoms. The SMILES string of the molecule is CCCn1c(=O)n(CC(O)COc2cc(C)ccc2C)c2ccccc21. The molecule has 138 valence electrons. The Morgan fingerprint density at radius 2 is 1.77 bits per heavy atom. The van der Waals surface area contributed by atoms with Gasteiger partial charge in [0, 0.05) is 6.54 Å². The standard InChI is InChI=1S/C21H26N2O3/c1-4-11-22-18-7-5-6-8-19(18)23(21(22)25)13-17(24)14-26-20-12-15(2)9-10-16(20)3/h5-10,12,17,24H,4,11,13-14H2,1-3H3. The molecule has 0 aliphatic carbocycles. The van der Waals surface area contributed by atoms with Gasteiger partial charge < -0.3 is 9.84 Å². The van der Waals surface area contributed by atoms with Crippen LogP contribution in [0, 0.1) is 13.8 Å². The lowest BCUT2D eigenvalue weighted by atomic mass is 10.1. The van der Waals surface area contributed by atoms with Crippen LogP contribution >= 0.6 is 0 Å². The van der Waals surface area contributed by atoms with Crippen LogP contribution in [0.5, 0.6) is 5.75 Å². The van der Waals surface area contributed by atoms with Gasteiger partial charge in [0.1, 0.15) is 18.5 Å². The average Bonchev–Trinajstić information content (AvgIpc) is 2.89. The van der Waals surface area contributed by atoms with Crippen molar-refractivity contribution in [2.75, 3.05) is 6.61 Å². The highest BCUT2D eigenvalue weighted by molar-refractivity contribution is 5.76. The van der Waals surface area contributed by atoms with Crippen LogP contribution in [0.3, 0.4) is 0 Å². The molecule has 0 aliphatic rings. The molecular formula is C21H26N2O3. The summed E-state index contributed by atoms with van der Waals surface area (Å²) < 4.78 is 9.20. The van der Waals surface area contributed by atoms with Gasteiger partial charge in [0.25, 0.3) is 0 Å². The van der Waals surface area contributed by atoms with Crippen LogP contribution in [-0.4, -0.2) is 27.0 Å². The summed E-state index contributed by atoms with van der Waals surface area (Å²) in [7, 11) is 0. The van der Waals surface area contributed by atoms with Crippen LogP contribution in [0.2, 0.25) is 0 Å². The minimum absolute atomic E-state index is 0.0844. The third-order valence-electron chi connectivity index (χ3n) is 4.54. The second-order valence-electron chi connectivity index (χ2n) is 6.77. The molecule has 1 N–H and O–H groups in total. The molecule has 0 amide bonds. The van der Waals surface area contributed by atoms with E-state index in [2.05, 4.69) is 0 Å². The van der Waals surface area contributed by atoms with Crippen molar-refractivity contribution < 1.29 is 9.84 Å². The van der Waals surface area contributed by atoms with E-state index in [0.717, 1.165) is 34.3 Å². The van der Waals surface area contributed by atoms with Gasteiger partial charge in [-0.2, -0.15) is 0 Å². The lowest BCUT2D eigenvalue weighted by molar-refractivity contribution is 0.0921. The largest absolute Gasteiger partial charge is 0.491 e. The Hall–Kier alpha value is -2.53. The number of imidazole rings is 1. The van der Waals surface area contributed by atoms with Gasteiger partial charge >= 0.3 is 5.69 Å². The van der Waals surface area contributed by atoms with Crippen LogP contribution < -0.4 is 10.4 Å². The lowest BCUT2D eigenvalue weighted by Gasteiger charge is -2.15. The number of aliphatic hydroxyl groups excluding tert-OH is 1. The maximum atomic E-state index is 12.8. The van der Waals surface area contributed by atoms with E-state index in [9.17, 15) is 9.90 Å². The summed E-state index contributed by atoms with van der Waals surface area (Å²) in [6.45, 7) is 7.05. The predicted molar refractivity (Wildman–Crippen MR) is 104 cm³/mol. The summed E-state index contributed by atoms with van der Waals surface area (Å²) in [4.78, 5) is 12.8. The van der Waals surface area contributed by atoms with Crippen LogP contribution in [0.4, 0.5) is 0 Å². The van der Waals surface area contributed by atoms with Gasteiger partial charge in [0.2, 0.25) is 0 Å². The maximum Gasteiger partial charge on any atom is 0.329 e. The van der Waals surface area contributed by atoms with Gasteiger partial charge in [-0.05, 0) is 49.6 Å². The Morgan fingerprint density at radius 1 is 1.08 bits per heavy atom. The van der Waals surface area contributed by atoms with Gasteiger partial charge in [-0.15, -0.1) is 0 Å². The van der Waals surface area contributed by atoms with Crippen molar-refractivity contribution in [3.63, 3.8) is 0 Å². The zero-order valence-corrected chi connectivity index (χ0v) is 15.6. The summed E-state index contributed by atoms with van der Waals surface area (Å²) in [6, 6.07) is 13.7. The van der Waals surface area contributed by atoms with Gasteiger partial charge in [-0.1, -0.05) is 31.2 Å². The first kappa shape index (κ1) is 18.3. The summed E-state index contributed by atoms with van der Waals surface area (Å²) >= 11 is 0. The molecule has 1 unspecified atom stereocenters. The summed E-state index contributed by atoms with van der Waals surface area (Å²) in [5, 5.41) is 10.5. The Bertz CT molecular complexity index is 956. The maximum absolute atomic E-state index is 12.8. The normalized spacial score (nSPS) is 12.5. The number of hydrogen-bond acceptors (Lipinski definition) is 3.